The van der Waals surface area contributed by atoms with Crippen molar-refractivity contribution in [3.05, 3.63) is 42.1 Å². The number of anilines is 1. The van der Waals surface area contributed by atoms with Crippen molar-refractivity contribution in [2.75, 3.05) is 12.0 Å². The van der Waals surface area contributed by atoms with Crippen molar-refractivity contribution >= 4 is 11.6 Å². The first kappa shape index (κ1) is 14.9. The molecule has 4 nitrogen and oxygen atoms in total. The van der Waals surface area contributed by atoms with Gasteiger partial charge in [-0.15, -0.1) is 5.73 Å². The lowest BCUT2D eigenvalue weighted by atomic mass is 9.75. The lowest BCUT2D eigenvalue weighted by Gasteiger charge is -2.46. The van der Waals surface area contributed by atoms with Crippen molar-refractivity contribution in [1.29, 1.82) is 0 Å². The molecule has 0 unspecified atom stereocenters. The van der Waals surface area contributed by atoms with Crippen molar-refractivity contribution in [1.82, 2.24) is 0 Å². The maximum atomic E-state index is 12.6. The molecule has 0 aliphatic carbocycles. The molecule has 0 radical (unpaired) electrons. The molecule has 22 heavy (non-hydrogen) atoms. The Morgan fingerprint density at radius 1 is 1.36 bits per heavy atom. The van der Waals surface area contributed by atoms with Crippen LogP contribution in [0.5, 0.6) is 5.75 Å². The van der Waals surface area contributed by atoms with Crippen molar-refractivity contribution in [2.24, 2.45) is 5.92 Å². The van der Waals surface area contributed by atoms with E-state index in [4.69, 9.17) is 9.47 Å². The highest BCUT2D eigenvalue weighted by molar-refractivity contribution is 6.04. The Hall–Kier alpha value is -2.03. The van der Waals surface area contributed by atoms with Crippen LogP contribution in [0.1, 0.15) is 20.8 Å². The predicted molar refractivity (Wildman–Crippen MR) is 85.0 cm³/mol. The second-order valence-corrected chi connectivity index (χ2v) is 6.38. The molecule has 0 spiro atoms. The van der Waals surface area contributed by atoms with Gasteiger partial charge < -0.3 is 14.4 Å². The average Bonchev–Trinajstić information content (AvgIpc) is 2.74. The molecule has 0 bridgehead atoms. The highest BCUT2D eigenvalue weighted by Crippen LogP contribution is 2.50. The average molecular weight is 299 g/mol. The summed E-state index contributed by atoms with van der Waals surface area (Å²) < 4.78 is 11.3. The Bertz CT molecular complexity index is 655. The Morgan fingerprint density at radius 3 is 2.55 bits per heavy atom. The zero-order valence-electron chi connectivity index (χ0n) is 13.4. The quantitative estimate of drug-likeness (QED) is 0.636. The fourth-order valence-corrected chi connectivity index (χ4v) is 3.49. The maximum absolute atomic E-state index is 12.6. The molecule has 1 aromatic carbocycles. The van der Waals surface area contributed by atoms with Crippen molar-refractivity contribution < 1.29 is 14.3 Å². The van der Waals surface area contributed by atoms with Gasteiger partial charge in [-0.25, -0.2) is 0 Å². The molecule has 1 aromatic rings. The molecule has 2 aliphatic heterocycles. The third kappa shape index (κ3) is 1.99. The van der Waals surface area contributed by atoms with Crippen LogP contribution in [0, 0.1) is 5.92 Å². The maximum Gasteiger partial charge on any atom is 0.235 e. The van der Waals surface area contributed by atoms with Gasteiger partial charge in [-0.05, 0) is 50.6 Å². The summed E-state index contributed by atoms with van der Waals surface area (Å²) in [6, 6.07) is 7.54. The minimum atomic E-state index is -0.465. The molecule has 2 saturated heterocycles. The van der Waals surface area contributed by atoms with Crippen LogP contribution in [-0.4, -0.2) is 30.8 Å². The third-order valence-corrected chi connectivity index (χ3v) is 4.69. The zero-order valence-corrected chi connectivity index (χ0v) is 13.4. The summed E-state index contributed by atoms with van der Waals surface area (Å²) in [4.78, 5) is 14.5. The fraction of sp³-hybridized carbons (Fsp3) is 0.444. The van der Waals surface area contributed by atoms with E-state index < -0.39 is 5.60 Å². The lowest BCUT2D eigenvalue weighted by molar-refractivity contribution is -0.133. The number of methoxy groups -OCH3 is 1. The van der Waals surface area contributed by atoms with Crippen LogP contribution in [0.3, 0.4) is 0 Å². The minimum Gasteiger partial charge on any atom is -0.497 e. The Kier molecular flexibility index (Phi) is 3.39. The first-order chi connectivity index (χ1) is 10.4. The Labute approximate surface area is 131 Å². The Balaban J connectivity index is 1.96. The molecule has 2 heterocycles. The van der Waals surface area contributed by atoms with Crippen LogP contribution >= 0.6 is 0 Å². The van der Waals surface area contributed by atoms with Crippen LogP contribution in [-0.2, 0) is 9.53 Å². The van der Waals surface area contributed by atoms with Gasteiger partial charge in [-0.1, -0.05) is 6.58 Å². The number of benzene rings is 1. The monoisotopic (exact) mass is 299 g/mol. The van der Waals surface area contributed by atoms with E-state index in [9.17, 15) is 4.79 Å². The normalized spacial score (nSPS) is 28.6. The summed E-state index contributed by atoms with van der Waals surface area (Å²) in [5.74, 6) is 0.762. The SMILES string of the molecule is C=C=C(C)[C@@H]1OC(C)(C)[C@H]2C(=O)N(c3ccc(OC)cc3)[C@@H]12. The molecule has 4 heteroatoms. The molecular formula is C18H21NO3. The van der Waals surface area contributed by atoms with E-state index in [-0.39, 0.29) is 24.0 Å². The van der Waals surface area contributed by atoms with E-state index in [0.29, 0.717) is 0 Å². The van der Waals surface area contributed by atoms with Gasteiger partial charge in [0, 0.05) is 5.69 Å². The fourth-order valence-electron chi connectivity index (χ4n) is 3.49. The van der Waals surface area contributed by atoms with Crippen molar-refractivity contribution in [3.63, 3.8) is 0 Å². The molecule has 0 aromatic heterocycles. The van der Waals surface area contributed by atoms with Gasteiger partial charge in [0.1, 0.15) is 11.9 Å². The number of ether oxygens (including phenoxy) is 2. The number of carbonyl (C=O) groups excluding carboxylic acids is 1. The number of hydrogen-bond acceptors (Lipinski definition) is 3. The summed E-state index contributed by atoms with van der Waals surface area (Å²) >= 11 is 0. The largest absolute Gasteiger partial charge is 0.497 e. The van der Waals surface area contributed by atoms with E-state index in [1.54, 1.807) is 7.11 Å². The van der Waals surface area contributed by atoms with Gasteiger partial charge in [0.2, 0.25) is 5.91 Å². The standard InChI is InChI=1S/C18H21NO3/c1-6-11(2)16-15-14(18(3,4)22-16)17(20)19(15)12-7-9-13(21-5)10-8-12/h7-10,14-16H,1H2,2-5H3/t14-,15-,16+/m1/s1. The molecule has 2 aliphatic rings. The number of hydrogen-bond donors (Lipinski definition) is 0. The second kappa shape index (κ2) is 5.01. The van der Waals surface area contributed by atoms with Gasteiger partial charge in [0.15, 0.2) is 0 Å². The smallest absolute Gasteiger partial charge is 0.235 e. The third-order valence-electron chi connectivity index (χ3n) is 4.69. The number of β-lactam (4-membered cyclic amide) rings is 1. The van der Waals surface area contributed by atoms with Crippen LogP contribution in [0.4, 0.5) is 5.69 Å². The van der Waals surface area contributed by atoms with Gasteiger partial charge in [-0.3, -0.25) is 4.79 Å². The number of amides is 1. The van der Waals surface area contributed by atoms with Gasteiger partial charge >= 0.3 is 0 Å². The highest BCUT2D eigenvalue weighted by atomic mass is 16.5. The van der Waals surface area contributed by atoms with Crippen molar-refractivity contribution in [2.45, 2.75) is 38.5 Å². The number of nitrogens with zero attached hydrogens (tertiary/aromatic N) is 1. The molecule has 0 saturated carbocycles. The molecular weight excluding hydrogens is 278 g/mol. The highest BCUT2D eigenvalue weighted by Gasteiger charge is 2.64. The predicted octanol–water partition coefficient (Wildman–Crippen LogP) is 2.94. The summed E-state index contributed by atoms with van der Waals surface area (Å²) in [5.41, 5.74) is 4.26. The van der Waals surface area contributed by atoms with Crippen LogP contribution in [0.15, 0.2) is 42.1 Å². The van der Waals surface area contributed by atoms with Crippen LogP contribution in [0.25, 0.3) is 0 Å². The molecule has 1 amide bonds. The first-order valence-electron chi connectivity index (χ1n) is 7.42. The molecule has 3 atom stereocenters. The summed E-state index contributed by atoms with van der Waals surface area (Å²) in [7, 11) is 1.63. The van der Waals surface area contributed by atoms with Gasteiger partial charge in [-0.2, -0.15) is 0 Å². The van der Waals surface area contributed by atoms with Gasteiger partial charge in [0.05, 0.1) is 24.7 Å². The topological polar surface area (TPSA) is 38.8 Å². The van der Waals surface area contributed by atoms with E-state index >= 15 is 0 Å². The second-order valence-electron chi connectivity index (χ2n) is 6.38. The van der Waals surface area contributed by atoms with E-state index in [2.05, 4.69) is 12.3 Å². The van der Waals surface area contributed by atoms with Crippen LogP contribution < -0.4 is 9.64 Å². The number of rotatable bonds is 3. The van der Waals surface area contributed by atoms with Crippen molar-refractivity contribution in [3.8, 4) is 5.75 Å². The first-order valence-corrected chi connectivity index (χ1v) is 7.42. The summed E-state index contributed by atoms with van der Waals surface area (Å²) in [5, 5.41) is 0. The van der Waals surface area contributed by atoms with E-state index in [0.717, 1.165) is 17.0 Å². The molecule has 2 fully saturated rings. The number of carbonyl (C=O) groups is 1. The minimum absolute atomic E-state index is 0.00476. The molecule has 116 valence electrons. The summed E-state index contributed by atoms with van der Waals surface area (Å²) in [6.45, 7) is 9.62. The van der Waals surface area contributed by atoms with Gasteiger partial charge in [0.25, 0.3) is 0 Å². The molecule has 3 rings (SSSR count). The Morgan fingerprint density at radius 2 is 2.00 bits per heavy atom. The van der Waals surface area contributed by atoms with E-state index in [1.807, 2.05) is 49.9 Å². The van der Waals surface area contributed by atoms with E-state index in [1.165, 1.54) is 0 Å². The summed E-state index contributed by atoms with van der Waals surface area (Å²) in [6.07, 6.45) is -0.155. The molecule has 0 N–H and O–H groups in total. The lowest BCUT2D eigenvalue weighted by Crippen LogP contribution is -2.65. The number of fused-ring (bicyclic) bond motifs is 1. The zero-order chi connectivity index (χ0) is 16.1. The van der Waals surface area contributed by atoms with Crippen LogP contribution in [0.2, 0.25) is 0 Å².